The second kappa shape index (κ2) is 6.99. The first kappa shape index (κ1) is 17.0. The summed E-state index contributed by atoms with van der Waals surface area (Å²) in [6.45, 7) is 1.63. The Morgan fingerprint density at radius 1 is 1.29 bits per heavy atom. The smallest absolute Gasteiger partial charge is 0.228 e. The first-order chi connectivity index (χ1) is 11.5. The minimum absolute atomic E-state index is 0.0198. The van der Waals surface area contributed by atoms with Crippen LogP contribution in [0, 0.1) is 5.92 Å². The number of methoxy groups -OCH3 is 2. The van der Waals surface area contributed by atoms with E-state index in [0.717, 1.165) is 6.42 Å². The molecule has 2 heterocycles. The predicted octanol–water partition coefficient (Wildman–Crippen LogP) is 1.95. The number of rotatable bonds is 4. The number of nitrogens with zero attached hydrogens (tertiary/aromatic N) is 2. The molecule has 1 aromatic carbocycles. The standard InChI is InChI=1S/C17H21ClN2O4/c1-23-13-5-6-19(10-13)17(22)11-7-16(21)20(9-11)14-8-12(18)3-4-15(14)24-2/h3-4,8,11,13H,5-7,9-10H2,1-2H3. The van der Waals surface area contributed by atoms with E-state index in [0.29, 0.717) is 36.1 Å². The van der Waals surface area contributed by atoms with Gasteiger partial charge in [0.15, 0.2) is 0 Å². The first-order valence-corrected chi connectivity index (χ1v) is 8.36. The quantitative estimate of drug-likeness (QED) is 0.831. The average molecular weight is 353 g/mol. The van der Waals surface area contributed by atoms with Crippen molar-refractivity contribution in [2.45, 2.75) is 18.9 Å². The van der Waals surface area contributed by atoms with Crippen LogP contribution < -0.4 is 9.64 Å². The van der Waals surface area contributed by atoms with Crippen molar-refractivity contribution in [1.82, 2.24) is 4.90 Å². The van der Waals surface area contributed by atoms with E-state index in [9.17, 15) is 9.59 Å². The van der Waals surface area contributed by atoms with Gasteiger partial charge in [0.05, 0.1) is 24.8 Å². The van der Waals surface area contributed by atoms with Crippen LogP contribution in [-0.4, -0.2) is 56.7 Å². The number of halogens is 1. The number of anilines is 1. The van der Waals surface area contributed by atoms with Gasteiger partial charge in [-0.05, 0) is 24.6 Å². The molecule has 0 bridgehead atoms. The summed E-state index contributed by atoms with van der Waals surface area (Å²) in [6, 6.07) is 5.13. The minimum Gasteiger partial charge on any atom is -0.495 e. The Morgan fingerprint density at radius 2 is 2.08 bits per heavy atom. The van der Waals surface area contributed by atoms with Crippen LogP contribution in [0.2, 0.25) is 5.02 Å². The number of hydrogen-bond acceptors (Lipinski definition) is 4. The van der Waals surface area contributed by atoms with Crippen LogP contribution >= 0.6 is 11.6 Å². The van der Waals surface area contributed by atoms with Gasteiger partial charge in [0.1, 0.15) is 5.75 Å². The SMILES string of the molecule is COc1ccc(Cl)cc1N1CC(C(=O)N2CCC(OC)C2)CC1=O. The molecule has 24 heavy (non-hydrogen) atoms. The Balaban J connectivity index is 1.74. The fraction of sp³-hybridized carbons (Fsp3) is 0.529. The zero-order valence-corrected chi connectivity index (χ0v) is 14.6. The number of carbonyl (C=O) groups is 2. The summed E-state index contributed by atoms with van der Waals surface area (Å²) < 4.78 is 10.6. The molecule has 2 aliphatic rings. The monoisotopic (exact) mass is 352 g/mol. The molecule has 2 aliphatic heterocycles. The maximum absolute atomic E-state index is 12.7. The summed E-state index contributed by atoms with van der Waals surface area (Å²) in [6.07, 6.45) is 1.15. The van der Waals surface area contributed by atoms with Gasteiger partial charge < -0.3 is 19.3 Å². The fourth-order valence-corrected chi connectivity index (χ4v) is 3.53. The van der Waals surface area contributed by atoms with Gasteiger partial charge in [0.25, 0.3) is 0 Å². The summed E-state index contributed by atoms with van der Waals surface area (Å²) in [5.41, 5.74) is 0.612. The van der Waals surface area contributed by atoms with E-state index < -0.39 is 0 Å². The van der Waals surface area contributed by atoms with Crippen molar-refractivity contribution in [2.75, 3.05) is 38.8 Å². The van der Waals surface area contributed by atoms with Crippen molar-refractivity contribution in [3.05, 3.63) is 23.2 Å². The molecular formula is C17H21ClN2O4. The summed E-state index contributed by atoms with van der Waals surface area (Å²) in [7, 11) is 3.20. The second-order valence-electron chi connectivity index (χ2n) is 6.15. The minimum atomic E-state index is -0.336. The highest BCUT2D eigenvalue weighted by atomic mass is 35.5. The van der Waals surface area contributed by atoms with Crippen LogP contribution in [0.4, 0.5) is 5.69 Å². The van der Waals surface area contributed by atoms with Gasteiger partial charge >= 0.3 is 0 Å². The van der Waals surface area contributed by atoms with E-state index in [4.69, 9.17) is 21.1 Å². The van der Waals surface area contributed by atoms with Crippen LogP contribution in [0.15, 0.2) is 18.2 Å². The van der Waals surface area contributed by atoms with Crippen molar-refractivity contribution in [3.8, 4) is 5.75 Å². The highest BCUT2D eigenvalue weighted by molar-refractivity contribution is 6.31. The molecule has 0 spiro atoms. The lowest BCUT2D eigenvalue weighted by Crippen LogP contribution is -2.36. The Hall–Kier alpha value is -1.79. The Bertz CT molecular complexity index is 651. The second-order valence-corrected chi connectivity index (χ2v) is 6.59. The Kier molecular flexibility index (Phi) is 4.96. The largest absolute Gasteiger partial charge is 0.495 e. The summed E-state index contributed by atoms with van der Waals surface area (Å²) >= 11 is 6.05. The molecule has 0 aromatic heterocycles. The molecule has 1 aromatic rings. The van der Waals surface area contributed by atoms with Crippen LogP contribution in [0.5, 0.6) is 5.75 Å². The zero-order chi connectivity index (χ0) is 17.3. The van der Waals surface area contributed by atoms with E-state index >= 15 is 0 Å². The lowest BCUT2D eigenvalue weighted by Gasteiger charge is -2.22. The van der Waals surface area contributed by atoms with Crippen molar-refractivity contribution in [2.24, 2.45) is 5.92 Å². The maximum Gasteiger partial charge on any atom is 0.228 e. The lowest BCUT2D eigenvalue weighted by molar-refractivity contribution is -0.135. The van der Waals surface area contributed by atoms with E-state index in [-0.39, 0.29) is 30.3 Å². The van der Waals surface area contributed by atoms with Gasteiger partial charge in [-0.2, -0.15) is 0 Å². The highest BCUT2D eigenvalue weighted by Crippen LogP contribution is 2.35. The number of ether oxygens (including phenoxy) is 2. The van der Waals surface area contributed by atoms with Gasteiger partial charge in [-0.3, -0.25) is 9.59 Å². The number of carbonyl (C=O) groups excluding carboxylic acids is 2. The summed E-state index contributed by atoms with van der Waals surface area (Å²) in [4.78, 5) is 28.5. The number of likely N-dealkylation sites (tertiary alicyclic amines) is 1. The van der Waals surface area contributed by atoms with Gasteiger partial charge in [-0.15, -0.1) is 0 Å². The number of amides is 2. The van der Waals surface area contributed by atoms with Gasteiger partial charge in [0.2, 0.25) is 11.8 Å². The Morgan fingerprint density at radius 3 is 2.75 bits per heavy atom. The van der Waals surface area contributed by atoms with Crippen molar-refractivity contribution < 1.29 is 19.1 Å². The molecule has 0 aliphatic carbocycles. The molecular weight excluding hydrogens is 332 g/mol. The molecule has 6 nitrogen and oxygen atoms in total. The van der Waals surface area contributed by atoms with Gasteiger partial charge in [-0.25, -0.2) is 0 Å². The third-order valence-corrected chi connectivity index (χ3v) is 4.93. The highest BCUT2D eigenvalue weighted by Gasteiger charge is 2.39. The third kappa shape index (κ3) is 3.21. The van der Waals surface area contributed by atoms with E-state index in [2.05, 4.69) is 0 Å². The molecule has 0 N–H and O–H groups in total. The molecule has 2 fully saturated rings. The van der Waals surface area contributed by atoms with Crippen LogP contribution in [0.25, 0.3) is 0 Å². The van der Waals surface area contributed by atoms with Gasteiger partial charge in [0, 0.05) is 38.2 Å². The third-order valence-electron chi connectivity index (χ3n) is 4.70. The van der Waals surface area contributed by atoms with Crippen LogP contribution in [0.3, 0.4) is 0 Å². The zero-order valence-electron chi connectivity index (χ0n) is 13.8. The summed E-state index contributed by atoms with van der Waals surface area (Å²) in [5, 5.41) is 0.524. The van der Waals surface area contributed by atoms with E-state index in [1.165, 1.54) is 0 Å². The van der Waals surface area contributed by atoms with Gasteiger partial charge in [-0.1, -0.05) is 11.6 Å². The van der Waals surface area contributed by atoms with Crippen molar-refractivity contribution in [1.29, 1.82) is 0 Å². The average Bonchev–Trinajstić information content (AvgIpc) is 3.20. The number of benzene rings is 1. The topological polar surface area (TPSA) is 59.1 Å². The molecule has 2 saturated heterocycles. The molecule has 0 radical (unpaired) electrons. The van der Waals surface area contributed by atoms with Crippen molar-refractivity contribution in [3.63, 3.8) is 0 Å². The molecule has 130 valence electrons. The summed E-state index contributed by atoms with van der Waals surface area (Å²) in [5.74, 6) is 0.168. The first-order valence-electron chi connectivity index (χ1n) is 7.99. The molecule has 0 saturated carbocycles. The lowest BCUT2D eigenvalue weighted by atomic mass is 10.1. The normalized spacial score (nSPS) is 23.9. The molecule has 2 atom stereocenters. The molecule has 7 heteroatoms. The molecule has 3 rings (SSSR count). The molecule has 2 amide bonds. The van der Waals surface area contributed by atoms with Crippen LogP contribution in [0.1, 0.15) is 12.8 Å². The van der Waals surface area contributed by atoms with Crippen LogP contribution in [-0.2, 0) is 14.3 Å². The fourth-order valence-electron chi connectivity index (χ4n) is 3.36. The van der Waals surface area contributed by atoms with E-state index in [1.54, 1.807) is 42.2 Å². The van der Waals surface area contributed by atoms with Crippen molar-refractivity contribution >= 4 is 29.1 Å². The molecule has 2 unspecified atom stereocenters. The number of hydrogen-bond donors (Lipinski definition) is 0. The van der Waals surface area contributed by atoms with E-state index in [1.807, 2.05) is 0 Å². The maximum atomic E-state index is 12.7. The predicted molar refractivity (Wildman–Crippen MR) is 90.5 cm³/mol. The Labute approximate surface area is 146 Å².